The number of carbonyl (C=O) groups is 1. The number of hydrogen-bond donors (Lipinski definition) is 1. The van der Waals surface area contributed by atoms with Gasteiger partial charge in [-0.2, -0.15) is 5.26 Å². The van der Waals surface area contributed by atoms with Crippen molar-refractivity contribution in [3.05, 3.63) is 156 Å². The van der Waals surface area contributed by atoms with Crippen molar-refractivity contribution >= 4 is 39.9 Å². The lowest BCUT2D eigenvalue weighted by atomic mass is 9.94. The molecule has 0 bridgehead atoms. The van der Waals surface area contributed by atoms with Gasteiger partial charge in [-0.05, 0) is 55.0 Å². The van der Waals surface area contributed by atoms with E-state index in [0.717, 1.165) is 22.0 Å². The van der Waals surface area contributed by atoms with Gasteiger partial charge in [-0.3, -0.25) is 14.2 Å². The molecule has 9 nitrogen and oxygen atoms in total. The molecule has 1 aliphatic rings. The minimum absolute atomic E-state index is 0.282. The molecule has 0 saturated carbocycles. The van der Waals surface area contributed by atoms with E-state index in [0.29, 0.717) is 55.5 Å². The Morgan fingerprint density at radius 2 is 1.76 bits per heavy atom. The van der Waals surface area contributed by atoms with Gasteiger partial charge in [0.1, 0.15) is 17.5 Å². The fourth-order valence-electron chi connectivity index (χ4n) is 6.28. The molecular formula is C39H31N5O4S. The molecule has 1 amide bonds. The van der Waals surface area contributed by atoms with Crippen molar-refractivity contribution in [2.45, 2.75) is 19.5 Å². The Bertz CT molecular complexity index is 2500. The maximum absolute atomic E-state index is 14.5. The number of nitrogens with one attached hydrogen (secondary N) is 1. The van der Waals surface area contributed by atoms with Gasteiger partial charge in [0.2, 0.25) is 0 Å². The molecule has 0 fully saturated rings. The van der Waals surface area contributed by atoms with Crippen LogP contribution in [0.1, 0.15) is 35.2 Å². The normalized spacial score (nSPS) is 14.2. The molecule has 6 aromatic rings. The average molecular weight is 666 g/mol. The number of methoxy groups -OCH3 is 2. The second-order valence-corrected chi connectivity index (χ2v) is 12.5. The molecule has 0 aliphatic carbocycles. The predicted molar refractivity (Wildman–Crippen MR) is 191 cm³/mol. The van der Waals surface area contributed by atoms with Crippen LogP contribution in [0.4, 0.5) is 5.69 Å². The zero-order valence-corrected chi connectivity index (χ0v) is 27.8. The number of carbonyl (C=O) groups excluding carboxylic acids is 1. The molecule has 1 aliphatic heterocycles. The van der Waals surface area contributed by atoms with Gasteiger partial charge in [0.15, 0.2) is 4.80 Å². The number of anilines is 1. The molecular weight excluding hydrogens is 635 g/mol. The van der Waals surface area contributed by atoms with E-state index in [1.54, 1.807) is 50.0 Å². The largest absolute Gasteiger partial charge is 0.497 e. The molecule has 0 unspecified atom stereocenters. The van der Waals surface area contributed by atoms with Crippen molar-refractivity contribution in [3.8, 4) is 17.6 Å². The number of nitriles is 1. The summed E-state index contributed by atoms with van der Waals surface area (Å²) in [5.41, 5.74) is 5.15. The molecule has 0 spiro atoms. The molecule has 242 valence electrons. The third-order valence-corrected chi connectivity index (χ3v) is 9.60. The number of para-hydroxylation sites is 2. The standard InChI is InChI=1S/C39H31N5O4S/c1-24-35(37(45)42-28-13-5-4-6-14-28)36(31-18-17-29(47-2)20-33(31)48-3)44-38(46)34(49-39(44)41-24)19-27-23-43(32-16-10-9-15-30(27)32)22-26-12-8-7-11-25(26)21-40/h4-20,23,36H,22H2,1-3H3,(H,42,45)/b34-19-/t36-/m1/s1. The van der Waals surface area contributed by atoms with Gasteiger partial charge in [0.25, 0.3) is 11.5 Å². The second kappa shape index (κ2) is 13.1. The highest BCUT2D eigenvalue weighted by Crippen LogP contribution is 2.37. The molecule has 10 heteroatoms. The molecule has 49 heavy (non-hydrogen) atoms. The number of thiazole rings is 1. The summed E-state index contributed by atoms with van der Waals surface area (Å²) in [4.78, 5) is 33.8. The number of rotatable bonds is 8. The molecule has 0 saturated heterocycles. The monoisotopic (exact) mass is 665 g/mol. The van der Waals surface area contributed by atoms with E-state index < -0.39 is 6.04 Å². The maximum Gasteiger partial charge on any atom is 0.271 e. The first-order chi connectivity index (χ1) is 23.9. The fraction of sp³-hybridized carbons (Fsp3) is 0.128. The topological polar surface area (TPSA) is 111 Å². The van der Waals surface area contributed by atoms with Crippen LogP contribution in [0.3, 0.4) is 0 Å². The quantitative estimate of drug-likeness (QED) is 0.222. The Kier molecular flexibility index (Phi) is 8.43. The van der Waals surface area contributed by atoms with E-state index in [4.69, 9.17) is 14.5 Å². The molecule has 1 atom stereocenters. The number of hydrogen-bond acceptors (Lipinski definition) is 7. The Balaban J connectivity index is 1.39. The van der Waals surface area contributed by atoms with Crippen LogP contribution < -0.4 is 29.7 Å². The molecule has 0 radical (unpaired) electrons. The number of amides is 1. The Morgan fingerprint density at radius 1 is 1.00 bits per heavy atom. The van der Waals surface area contributed by atoms with Gasteiger partial charge < -0.3 is 19.4 Å². The highest BCUT2D eigenvalue weighted by Gasteiger charge is 2.34. The number of allylic oxidation sites excluding steroid dienone is 1. The number of ether oxygens (including phenoxy) is 2. The fourth-order valence-corrected chi connectivity index (χ4v) is 7.32. The van der Waals surface area contributed by atoms with Crippen LogP contribution in [0.15, 0.2) is 124 Å². The lowest BCUT2D eigenvalue weighted by Crippen LogP contribution is -2.40. The molecule has 7 rings (SSSR count). The second-order valence-electron chi connectivity index (χ2n) is 11.5. The van der Waals surface area contributed by atoms with Crippen LogP contribution >= 0.6 is 11.3 Å². The molecule has 4 aromatic carbocycles. The summed E-state index contributed by atoms with van der Waals surface area (Å²) in [5.74, 6) is 0.683. The Labute approximate surface area is 285 Å². The van der Waals surface area contributed by atoms with E-state index in [1.165, 1.54) is 11.3 Å². The van der Waals surface area contributed by atoms with Crippen molar-refractivity contribution in [3.63, 3.8) is 0 Å². The van der Waals surface area contributed by atoms with Crippen LogP contribution in [-0.4, -0.2) is 29.3 Å². The zero-order valence-electron chi connectivity index (χ0n) is 27.0. The number of aromatic nitrogens is 2. The van der Waals surface area contributed by atoms with Crippen molar-refractivity contribution < 1.29 is 14.3 Å². The lowest BCUT2D eigenvalue weighted by Gasteiger charge is -2.26. The van der Waals surface area contributed by atoms with Crippen molar-refractivity contribution in [2.75, 3.05) is 19.5 Å². The SMILES string of the molecule is COc1ccc([C@@H]2C(C(=O)Nc3ccccc3)=C(C)N=c3s/c(=C\c4cn(Cc5ccccc5C#N)c5ccccc45)c(=O)n32)c(OC)c1. The van der Waals surface area contributed by atoms with Gasteiger partial charge in [0.05, 0.1) is 41.7 Å². The first-order valence-corrected chi connectivity index (χ1v) is 16.4. The average Bonchev–Trinajstić information content (AvgIpc) is 3.63. The van der Waals surface area contributed by atoms with Gasteiger partial charge in [-0.1, -0.05) is 65.9 Å². The van der Waals surface area contributed by atoms with Crippen LogP contribution in [0.5, 0.6) is 11.5 Å². The molecule has 2 aromatic heterocycles. The summed E-state index contributed by atoms with van der Waals surface area (Å²) in [6.45, 7) is 2.28. The molecule has 3 heterocycles. The van der Waals surface area contributed by atoms with Crippen LogP contribution in [0.25, 0.3) is 17.0 Å². The minimum atomic E-state index is -0.827. The smallest absolute Gasteiger partial charge is 0.271 e. The van der Waals surface area contributed by atoms with Crippen molar-refractivity contribution in [2.24, 2.45) is 4.99 Å². The summed E-state index contributed by atoms with van der Waals surface area (Å²) in [7, 11) is 3.12. The lowest BCUT2D eigenvalue weighted by molar-refractivity contribution is -0.113. The van der Waals surface area contributed by atoms with Crippen LogP contribution in [0.2, 0.25) is 0 Å². The predicted octanol–water partition coefficient (Wildman–Crippen LogP) is 5.77. The van der Waals surface area contributed by atoms with E-state index in [-0.39, 0.29) is 11.5 Å². The number of nitrogens with zero attached hydrogens (tertiary/aromatic N) is 4. The van der Waals surface area contributed by atoms with E-state index in [2.05, 4.69) is 16.0 Å². The van der Waals surface area contributed by atoms with Crippen molar-refractivity contribution in [1.29, 1.82) is 5.26 Å². The highest BCUT2D eigenvalue weighted by atomic mass is 32.1. The van der Waals surface area contributed by atoms with Crippen LogP contribution in [0, 0.1) is 11.3 Å². The first kappa shape index (κ1) is 31.4. The Hall–Kier alpha value is -6.18. The van der Waals surface area contributed by atoms with E-state index >= 15 is 0 Å². The maximum atomic E-state index is 14.5. The highest BCUT2D eigenvalue weighted by molar-refractivity contribution is 7.07. The summed E-state index contributed by atoms with van der Waals surface area (Å²) in [6.07, 6.45) is 3.88. The van der Waals surface area contributed by atoms with Gasteiger partial charge in [0, 0.05) is 46.5 Å². The first-order valence-electron chi connectivity index (χ1n) is 15.6. The third-order valence-electron chi connectivity index (χ3n) is 8.62. The van der Waals surface area contributed by atoms with Gasteiger partial charge >= 0.3 is 0 Å². The third kappa shape index (κ3) is 5.81. The zero-order chi connectivity index (χ0) is 34.1. The Morgan fingerprint density at radius 3 is 2.53 bits per heavy atom. The summed E-state index contributed by atoms with van der Waals surface area (Å²) in [6, 6.07) is 31.5. The summed E-state index contributed by atoms with van der Waals surface area (Å²) >= 11 is 1.27. The van der Waals surface area contributed by atoms with Crippen molar-refractivity contribution in [1.82, 2.24) is 9.13 Å². The van der Waals surface area contributed by atoms with Crippen LogP contribution in [-0.2, 0) is 11.3 Å². The summed E-state index contributed by atoms with van der Waals surface area (Å²) in [5, 5.41) is 13.6. The van der Waals surface area contributed by atoms with E-state index in [1.807, 2.05) is 85.1 Å². The van der Waals surface area contributed by atoms with Gasteiger partial charge in [-0.25, -0.2) is 4.99 Å². The minimum Gasteiger partial charge on any atom is -0.497 e. The summed E-state index contributed by atoms with van der Waals surface area (Å²) < 4.78 is 15.4. The van der Waals surface area contributed by atoms with E-state index in [9.17, 15) is 14.9 Å². The van der Waals surface area contributed by atoms with Gasteiger partial charge in [-0.15, -0.1) is 0 Å². The number of benzene rings is 4. The molecule has 1 N–H and O–H groups in total. The number of fused-ring (bicyclic) bond motifs is 2.